The number of carbonyl (C=O) groups is 1. The van der Waals surface area contributed by atoms with Crippen LogP contribution < -0.4 is 20.2 Å². The van der Waals surface area contributed by atoms with Gasteiger partial charge >= 0.3 is 0 Å². The number of hydrogen-bond acceptors (Lipinski definition) is 6. The molecule has 5 rings (SSSR count). The van der Waals surface area contributed by atoms with Crippen molar-refractivity contribution in [3.63, 3.8) is 0 Å². The quantitative estimate of drug-likeness (QED) is 0.134. The molecule has 42 heavy (non-hydrogen) atoms. The van der Waals surface area contributed by atoms with Gasteiger partial charge in [-0.3, -0.25) is 10.2 Å². The average molecular weight is 559 g/mol. The third-order valence-corrected chi connectivity index (χ3v) is 7.00. The maximum Gasteiger partial charge on any atom is 0.255 e. The summed E-state index contributed by atoms with van der Waals surface area (Å²) in [6, 6.07) is 28.8. The second-order valence-corrected chi connectivity index (χ2v) is 10.3. The van der Waals surface area contributed by atoms with E-state index in [-0.39, 0.29) is 5.91 Å². The SMILES string of the molecule is COc1cccc(/C=N/Nc2ncc(COc3cccc(C(=O)Nc4ccc(C(C)C)c(C)c4)c3)c3ccccc23)c1. The topological polar surface area (TPSA) is 84.8 Å². The van der Waals surface area contributed by atoms with Crippen LogP contribution in [0, 0.1) is 6.92 Å². The van der Waals surface area contributed by atoms with Crippen LogP contribution in [0.4, 0.5) is 11.5 Å². The number of aryl methyl sites for hydroxylation is 1. The van der Waals surface area contributed by atoms with Crippen LogP contribution in [0.15, 0.2) is 102 Å². The summed E-state index contributed by atoms with van der Waals surface area (Å²) in [7, 11) is 1.64. The lowest BCUT2D eigenvalue weighted by Crippen LogP contribution is -2.12. The van der Waals surface area contributed by atoms with Gasteiger partial charge in [-0.05, 0) is 77.4 Å². The Morgan fingerprint density at radius 2 is 1.71 bits per heavy atom. The standard InChI is InChI=1S/C35H34N4O3/c1-23(2)31-16-15-28(17-24(31)3)38-35(40)26-10-8-12-30(19-26)42-22-27-21-36-34(33-14-6-5-13-32(27)33)39-37-20-25-9-7-11-29(18-25)41-4/h5-21,23H,22H2,1-4H3,(H,36,39)(H,38,40)/b37-20+. The number of rotatable bonds is 10. The van der Waals surface area contributed by atoms with Gasteiger partial charge in [0, 0.05) is 28.4 Å². The zero-order valence-corrected chi connectivity index (χ0v) is 24.2. The lowest BCUT2D eigenvalue weighted by Gasteiger charge is -2.13. The maximum atomic E-state index is 13.0. The van der Waals surface area contributed by atoms with Crippen LogP contribution in [0.3, 0.4) is 0 Å². The minimum atomic E-state index is -0.186. The monoisotopic (exact) mass is 558 g/mol. The van der Waals surface area contributed by atoms with E-state index in [1.165, 1.54) is 5.56 Å². The smallest absolute Gasteiger partial charge is 0.255 e. The molecule has 0 saturated carbocycles. The highest BCUT2D eigenvalue weighted by atomic mass is 16.5. The van der Waals surface area contributed by atoms with Gasteiger partial charge in [0.15, 0.2) is 5.82 Å². The van der Waals surface area contributed by atoms with E-state index >= 15 is 0 Å². The first kappa shape index (κ1) is 28.4. The number of hydrazone groups is 1. The Morgan fingerprint density at radius 3 is 2.50 bits per heavy atom. The molecular weight excluding hydrogens is 524 g/mol. The van der Waals surface area contributed by atoms with Crippen molar-refractivity contribution in [3.8, 4) is 11.5 Å². The van der Waals surface area contributed by atoms with Crippen LogP contribution in [0.1, 0.15) is 52.4 Å². The van der Waals surface area contributed by atoms with Crippen molar-refractivity contribution in [2.75, 3.05) is 17.9 Å². The Morgan fingerprint density at radius 1 is 0.929 bits per heavy atom. The lowest BCUT2D eigenvalue weighted by molar-refractivity contribution is 0.102. The van der Waals surface area contributed by atoms with E-state index in [4.69, 9.17) is 9.47 Å². The van der Waals surface area contributed by atoms with Crippen molar-refractivity contribution >= 4 is 34.4 Å². The highest BCUT2D eigenvalue weighted by Gasteiger charge is 2.11. The summed E-state index contributed by atoms with van der Waals surface area (Å²) in [5, 5.41) is 9.30. The number of ether oxygens (including phenoxy) is 2. The molecule has 1 amide bonds. The third-order valence-electron chi connectivity index (χ3n) is 7.00. The van der Waals surface area contributed by atoms with Crippen molar-refractivity contribution in [2.24, 2.45) is 5.10 Å². The van der Waals surface area contributed by atoms with E-state index < -0.39 is 0 Å². The zero-order chi connectivity index (χ0) is 29.5. The molecule has 0 fully saturated rings. The van der Waals surface area contributed by atoms with Gasteiger partial charge in [0.2, 0.25) is 0 Å². The molecule has 5 aromatic rings. The number of aromatic nitrogens is 1. The summed E-state index contributed by atoms with van der Waals surface area (Å²) in [5.41, 5.74) is 8.61. The molecule has 212 valence electrons. The molecule has 0 aliphatic carbocycles. The number of nitrogens with one attached hydrogen (secondary N) is 2. The average Bonchev–Trinajstić information content (AvgIpc) is 3.00. The number of anilines is 2. The molecule has 0 atom stereocenters. The van der Waals surface area contributed by atoms with E-state index in [1.54, 1.807) is 31.7 Å². The molecule has 1 heterocycles. The van der Waals surface area contributed by atoms with Gasteiger partial charge in [0.25, 0.3) is 5.91 Å². The van der Waals surface area contributed by atoms with Crippen molar-refractivity contribution in [2.45, 2.75) is 33.3 Å². The van der Waals surface area contributed by atoms with Gasteiger partial charge in [-0.1, -0.05) is 62.4 Å². The van der Waals surface area contributed by atoms with Gasteiger partial charge in [-0.2, -0.15) is 5.10 Å². The molecule has 4 aromatic carbocycles. The first-order valence-electron chi connectivity index (χ1n) is 13.9. The van der Waals surface area contributed by atoms with Crippen LogP contribution in [0.5, 0.6) is 11.5 Å². The van der Waals surface area contributed by atoms with Crippen LogP contribution >= 0.6 is 0 Å². The van der Waals surface area contributed by atoms with Crippen molar-refractivity contribution < 1.29 is 14.3 Å². The first-order valence-corrected chi connectivity index (χ1v) is 13.9. The zero-order valence-electron chi connectivity index (χ0n) is 24.2. The van der Waals surface area contributed by atoms with Crippen LogP contribution in [-0.4, -0.2) is 24.2 Å². The van der Waals surface area contributed by atoms with Crippen LogP contribution in [0.2, 0.25) is 0 Å². The summed E-state index contributed by atoms with van der Waals surface area (Å²) >= 11 is 0. The number of pyridine rings is 1. The molecule has 0 bridgehead atoms. The van der Waals surface area contributed by atoms with Gasteiger partial charge in [0.05, 0.1) is 13.3 Å². The van der Waals surface area contributed by atoms with E-state index in [1.807, 2.05) is 72.8 Å². The minimum Gasteiger partial charge on any atom is -0.497 e. The molecule has 0 spiro atoms. The second kappa shape index (κ2) is 13.0. The molecule has 0 unspecified atom stereocenters. The van der Waals surface area contributed by atoms with Gasteiger partial charge in [0.1, 0.15) is 18.1 Å². The van der Waals surface area contributed by atoms with Gasteiger partial charge in [-0.25, -0.2) is 4.98 Å². The molecule has 0 radical (unpaired) electrons. The maximum absolute atomic E-state index is 13.0. The predicted molar refractivity (Wildman–Crippen MR) is 170 cm³/mol. The highest BCUT2D eigenvalue weighted by Crippen LogP contribution is 2.27. The summed E-state index contributed by atoms with van der Waals surface area (Å²) in [6.45, 7) is 6.68. The number of carbonyl (C=O) groups excluding carboxylic acids is 1. The first-order chi connectivity index (χ1) is 20.4. The molecule has 1 aromatic heterocycles. The van der Waals surface area contributed by atoms with E-state index in [0.29, 0.717) is 29.7 Å². The largest absolute Gasteiger partial charge is 0.497 e. The van der Waals surface area contributed by atoms with Gasteiger partial charge < -0.3 is 14.8 Å². The summed E-state index contributed by atoms with van der Waals surface area (Å²) < 4.78 is 11.4. The van der Waals surface area contributed by atoms with Crippen molar-refractivity contribution in [3.05, 3.63) is 125 Å². The minimum absolute atomic E-state index is 0.186. The van der Waals surface area contributed by atoms with Crippen molar-refractivity contribution in [1.29, 1.82) is 0 Å². The fourth-order valence-electron chi connectivity index (χ4n) is 4.84. The lowest BCUT2D eigenvalue weighted by atomic mass is 9.97. The normalized spacial score (nSPS) is 11.2. The van der Waals surface area contributed by atoms with Crippen molar-refractivity contribution in [1.82, 2.24) is 4.98 Å². The Bertz CT molecular complexity index is 1750. The third kappa shape index (κ3) is 6.75. The fraction of sp³-hybridized carbons (Fsp3) is 0.171. The predicted octanol–water partition coefficient (Wildman–Crippen LogP) is 7.95. The summed E-state index contributed by atoms with van der Waals surface area (Å²) in [4.78, 5) is 17.6. The number of methoxy groups -OCH3 is 1. The van der Waals surface area contributed by atoms with E-state index in [9.17, 15) is 4.79 Å². The molecule has 0 saturated heterocycles. The van der Waals surface area contributed by atoms with E-state index in [2.05, 4.69) is 47.7 Å². The highest BCUT2D eigenvalue weighted by molar-refractivity contribution is 6.04. The molecule has 7 heteroatoms. The summed E-state index contributed by atoms with van der Waals surface area (Å²) in [6.07, 6.45) is 3.51. The second-order valence-electron chi connectivity index (χ2n) is 10.3. The molecule has 0 aliphatic rings. The van der Waals surface area contributed by atoms with E-state index in [0.717, 1.165) is 38.9 Å². The molecule has 0 aliphatic heterocycles. The Kier molecular flexibility index (Phi) is 8.78. The molecular formula is C35H34N4O3. The molecule has 2 N–H and O–H groups in total. The number of nitrogens with zero attached hydrogens (tertiary/aromatic N) is 2. The Labute approximate surface area is 246 Å². The number of hydrogen-bond donors (Lipinski definition) is 2. The van der Waals surface area contributed by atoms with Crippen LogP contribution in [-0.2, 0) is 6.61 Å². The number of benzene rings is 4. The Hall–Kier alpha value is -5.17. The van der Waals surface area contributed by atoms with Crippen LogP contribution in [0.25, 0.3) is 10.8 Å². The number of amides is 1. The molecule has 7 nitrogen and oxygen atoms in total. The summed E-state index contributed by atoms with van der Waals surface area (Å²) in [5.74, 6) is 2.26. The fourth-order valence-corrected chi connectivity index (χ4v) is 4.84. The van der Waals surface area contributed by atoms with Gasteiger partial charge in [-0.15, -0.1) is 0 Å². The number of fused-ring (bicyclic) bond motifs is 1. The Balaban J connectivity index is 1.27.